The first-order valence-corrected chi connectivity index (χ1v) is 8.51. The van der Waals surface area contributed by atoms with Crippen molar-refractivity contribution < 1.29 is 14.3 Å². The Morgan fingerprint density at radius 3 is 2.80 bits per heavy atom. The first-order valence-electron chi connectivity index (χ1n) is 8.51. The number of nitrogens with two attached hydrogens (primary N) is 1. The summed E-state index contributed by atoms with van der Waals surface area (Å²) in [6, 6.07) is 11.8. The number of para-hydroxylation sites is 1. The number of aromatic nitrogens is 1. The minimum Gasteiger partial charge on any atom is -0.485 e. The summed E-state index contributed by atoms with van der Waals surface area (Å²) in [5.74, 6) is 0.408. The van der Waals surface area contributed by atoms with Crippen LogP contribution in [0.3, 0.4) is 0 Å². The van der Waals surface area contributed by atoms with Gasteiger partial charge >= 0.3 is 0 Å². The third-order valence-corrected chi connectivity index (χ3v) is 4.90. The first kappa shape index (κ1) is 15.9. The molecule has 2 aromatic rings. The highest BCUT2D eigenvalue weighted by molar-refractivity contribution is 5.91. The number of amides is 1. The average Bonchev–Trinajstić information content (AvgIpc) is 2.79. The van der Waals surface area contributed by atoms with E-state index in [1.807, 2.05) is 24.3 Å². The molecule has 0 saturated carbocycles. The van der Waals surface area contributed by atoms with Crippen LogP contribution in [-0.4, -0.2) is 36.3 Å². The van der Waals surface area contributed by atoms with Crippen LogP contribution in [0.15, 0.2) is 42.6 Å². The van der Waals surface area contributed by atoms with Gasteiger partial charge in [0.25, 0.3) is 5.91 Å². The number of hydrogen-bond donors (Lipinski definition) is 1. The lowest BCUT2D eigenvalue weighted by Gasteiger charge is -2.39. The van der Waals surface area contributed by atoms with Gasteiger partial charge in [-0.2, -0.15) is 0 Å². The highest BCUT2D eigenvalue weighted by atomic mass is 16.5. The fourth-order valence-electron chi connectivity index (χ4n) is 3.55. The summed E-state index contributed by atoms with van der Waals surface area (Å²) < 4.78 is 12.0. The van der Waals surface area contributed by atoms with Crippen LogP contribution in [0.25, 0.3) is 0 Å². The highest BCUT2D eigenvalue weighted by Crippen LogP contribution is 2.36. The summed E-state index contributed by atoms with van der Waals surface area (Å²) in [5.41, 5.74) is 7.43. The van der Waals surface area contributed by atoms with Gasteiger partial charge in [0.2, 0.25) is 0 Å². The van der Waals surface area contributed by atoms with E-state index in [1.165, 1.54) is 0 Å². The van der Waals surface area contributed by atoms with Crippen molar-refractivity contribution in [2.45, 2.75) is 25.0 Å². The maximum absolute atomic E-state index is 11.5. The zero-order valence-electron chi connectivity index (χ0n) is 14.0. The summed E-state index contributed by atoms with van der Waals surface area (Å²) in [5, 5.41) is 0. The minimum absolute atomic E-state index is 0.275. The van der Waals surface area contributed by atoms with Gasteiger partial charge < -0.3 is 20.1 Å². The highest BCUT2D eigenvalue weighted by Gasteiger charge is 2.39. The molecule has 1 amide bonds. The van der Waals surface area contributed by atoms with Crippen LogP contribution < -0.4 is 15.4 Å². The Morgan fingerprint density at radius 2 is 2.00 bits per heavy atom. The summed E-state index contributed by atoms with van der Waals surface area (Å²) >= 11 is 0. The molecule has 25 heavy (non-hydrogen) atoms. The molecule has 2 N–H and O–H groups in total. The van der Waals surface area contributed by atoms with Gasteiger partial charge in [-0.25, -0.2) is 0 Å². The van der Waals surface area contributed by atoms with Crippen LogP contribution in [0, 0.1) is 0 Å². The van der Waals surface area contributed by atoms with E-state index in [0.29, 0.717) is 19.8 Å². The third kappa shape index (κ3) is 3.17. The standard InChI is InChI=1S/C19H21N3O3/c20-18(23)16-11-15(5-8-21-16)22-12-14-3-1-2-4-17(14)25-19(13-22)6-9-24-10-7-19/h1-5,8,11H,6-7,9-10,12-13H2,(H2,20,23). The lowest BCUT2D eigenvalue weighted by Crippen LogP contribution is -2.49. The summed E-state index contributed by atoms with van der Waals surface area (Å²) in [6.07, 6.45) is 3.31. The molecule has 0 radical (unpaired) electrons. The summed E-state index contributed by atoms with van der Waals surface area (Å²) in [6.45, 7) is 2.83. The number of primary amides is 1. The molecule has 1 fully saturated rings. The molecular weight excluding hydrogens is 318 g/mol. The van der Waals surface area contributed by atoms with Crippen molar-refractivity contribution in [2.75, 3.05) is 24.7 Å². The fourth-order valence-corrected chi connectivity index (χ4v) is 3.55. The van der Waals surface area contributed by atoms with Gasteiger partial charge in [-0.3, -0.25) is 9.78 Å². The molecule has 6 heteroatoms. The zero-order valence-corrected chi connectivity index (χ0v) is 14.0. The predicted octanol–water partition coefficient (Wildman–Crippen LogP) is 2.13. The van der Waals surface area contributed by atoms with Gasteiger partial charge in [0.15, 0.2) is 0 Å². The van der Waals surface area contributed by atoms with Gasteiger partial charge in [0, 0.05) is 36.8 Å². The second kappa shape index (κ2) is 6.37. The minimum atomic E-state index is -0.519. The van der Waals surface area contributed by atoms with Crippen LogP contribution >= 0.6 is 0 Å². The lowest BCUT2D eigenvalue weighted by molar-refractivity contribution is -0.0390. The Morgan fingerprint density at radius 1 is 1.20 bits per heavy atom. The third-order valence-electron chi connectivity index (χ3n) is 4.90. The number of rotatable bonds is 2. The van der Waals surface area contributed by atoms with E-state index < -0.39 is 5.91 Å². The normalized spacial score (nSPS) is 19.0. The molecule has 0 aliphatic carbocycles. The number of carbonyl (C=O) groups excluding carboxylic acids is 1. The van der Waals surface area contributed by atoms with E-state index in [9.17, 15) is 4.79 Å². The SMILES string of the molecule is NC(=O)c1cc(N2Cc3ccccc3OC3(CCOCC3)C2)ccn1. The Hall–Kier alpha value is -2.60. The smallest absolute Gasteiger partial charge is 0.267 e. The van der Waals surface area contributed by atoms with Crippen molar-refractivity contribution in [3.8, 4) is 5.75 Å². The van der Waals surface area contributed by atoms with E-state index in [4.69, 9.17) is 15.2 Å². The van der Waals surface area contributed by atoms with Crippen LogP contribution in [-0.2, 0) is 11.3 Å². The zero-order chi connectivity index (χ0) is 17.3. The van der Waals surface area contributed by atoms with Gasteiger partial charge in [0.05, 0.1) is 19.8 Å². The molecule has 0 atom stereocenters. The average molecular weight is 339 g/mol. The number of carbonyl (C=O) groups is 1. The van der Waals surface area contributed by atoms with E-state index in [1.54, 1.807) is 12.3 Å². The maximum atomic E-state index is 11.5. The molecule has 0 bridgehead atoms. The first-order chi connectivity index (χ1) is 12.2. The molecule has 0 unspecified atom stereocenters. The number of benzene rings is 1. The van der Waals surface area contributed by atoms with E-state index in [0.717, 1.165) is 36.4 Å². The molecule has 4 rings (SSSR count). The summed E-state index contributed by atoms with van der Waals surface area (Å²) in [4.78, 5) is 17.8. The second-order valence-corrected chi connectivity index (χ2v) is 6.62. The number of anilines is 1. The second-order valence-electron chi connectivity index (χ2n) is 6.62. The van der Waals surface area contributed by atoms with Crippen LogP contribution in [0.5, 0.6) is 5.75 Å². The monoisotopic (exact) mass is 339 g/mol. The van der Waals surface area contributed by atoms with Crippen LogP contribution in [0.2, 0.25) is 0 Å². The number of fused-ring (bicyclic) bond motifs is 1. The van der Waals surface area contributed by atoms with Gasteiger partial charge in [-0.05, 0) is 18.2 Å². The van der Waals surface area contributed by atoms with Crippen molar-refractivity contribution in [1.82, 2.24) is 4.98 Å². The quantitative estimate of drug-likeness (QED) is 0.907. The van der Waals surface area contributed by atoms with E-state index >= 15 is 0 Å². The van der Waals surface area contributed by atoms with Crippen LogP contribution in [0.4, 0.5) is 5.69 Å². The largest absolute Gasteiger partial charge is 0.485 e. The molecule has 1 spiro atoms. The molecule has 2 aliphatic rings. The van der Waals surface area contributed by atoms with Crippen molar-refractivity contribution >= 4 is 11.6 Å². The Bertz CT molecular complexity index is 787. The molecular formula is C19H21N3O3. The Kier molecular flexibility index (Phi) is 4.05. The van der Waals surface area contributed by atoms with Gasteiger partial charge in [0.1, 0.15) is 17.0 Å². The molecule has 2 aliphatic heterocycles. The van der Waals surface area contributed by atoms with Crippen molar-refractivity contribution in [3.05, 3.63) is 53.9 Å². The van der Waals surface area contributed by atoms with Crippen LogP contribution in [0.1, 0.15) is 28.9 Å². The van der Waals surface area contributed by atoms with Crippen molar-refractivity contribution in [2.24, 2.45) is 5.73 Å². The van der Waals surface area contributed by atoms with Gasteiger partial charge in [-0.15, -0.1) is 0 Å². The van der Waals surface area contributed by atoms with Crippen molar-refractivity contribution in [1.29, 1.82) is 0 Å². The predicted molar refractivity (Wildman–Crippen MR) is 93.7 cm³/mol. The number of nitrogens with zero attached hydrogens (tertiary/aromatic N) is 2. The lowest BCUT2D eigenvalue weighted by atomic mass is 9.93. The molecule has 1 aromatic carbocycles. The van der Waals surface area contributed by atoms with E-state index in [2.05, 4.69) is 16.0 Å². The molecule has 3 heterocycles. The van der Waals surface area contributed by atoms with E-state index in [-0.39, 0.29) is 11.3 Å². The maximum Gasteiger partial charge on any atom is 0.267 e. The molecule has 130 valence electrons. The number of pyridine rings is 1. The summed E-state index contributed by atoms with van der Waals surface area (Å²) in [7, 11) is 0. The number of ether oxygens (including phenoxy) is 2. The molecule has 1 saturated heterocycles. The Labute approximate surface area is 146 Å². The van der Waals surface area contributed by atoms with Gasteiger partial charge in [-0.1, -0.05) is 18.2 Å². The molecule has 1 aromatic heterocycles. The van der Waals surface area contributed by atoms with Crippen molar-refractivity contribution in [3.63, 3.8) is 0 Å². The topological polar surface area (TPSA) is 77.7 Å². The molecule has 6 nitrogen and oxygen atoms in total. The Balaban J connectivity index is 1.74. The fraction of sp³-hybridized carbons (Fsp3) is 0.368. The number of hydrogen-bond acceptors (Lipinski definition) is 5.